The molecule has 0 bridgehead atoms. The quantitative estimate of drug-likeness (QED) is 0.558. The summed E-state index contributed by atoms with van der Waals surface area (Å²) in [5.74, 6) is -0.331. The van der Waals surface area contributed by atoms with Gasteiger partial charge in [0.2, 0.25) is 5.91 Å². The maximum Gasteiger partial charge on any atom is 1.00 e. The van der Waals surface area contributed by atoms with Crippen molar-refractivity contribution < 1.29 is 53.7 Å². The van der Waals surface area contributed by atoms with Crippen LogP contribution in [0.3, 0.4) is 0 Å². The molecule has 0 radical (unpaired) electrons. The normalized spacial score (nSPS) is 15.5. The summed E-state index contributed by atoms with van der Waals surface area (Å²) in [7, 11) is 3.08. The zero-order valence-electron chi connectivity index (χ0n) is 17.2. The van der Waals surface area contributed by atoms with Crippen LogP contribution in [-0.4, -0.2) is 44.1 Å². The molecule has 0 saturated heterocycles. The number of ether oxygens (including phenoxy) is 2. The Bertz CT molecular complexity index is 924. The molecule has 0 spiro atoms. The molecule has 0 aromatic heterocycles. The minimum absolute atomic E-state index is 0. The number of nitrogens with one attached hydrogen (secondary N) is 1. The second-order valence-electron chi connectivity index (χ2n) is 6.78. The maximum absolute atomic E-state index is 12.6. The summed E-state index contributed by atoms with van der Waals surface area (Å²) >= 11 is 5.95. The third-order valence-corrected chi connectivity index (χ3v) is 5.16. The second kappa shape index (κ2) is 11.0. The Labute approximate surface area is 202 Å². The molecule has 2 aromatic carbocycles. The van der Waals surface area contributed by atoms with Crippen LogP contribution in [0.4, 0.5) is 5.69 Å². The van der Waals surface area contributed by atoms with Gasteiger partial charge in [-0.05, 0) is 47.9 Å². The first-order valence-corrected chi connectivity index (χ1v) is 9.53. The summed E-state index contributed by atoms with van der Waals surface area (Å²) in [5, 5.41) is 14.7. The van der Waals surface area contributed by atoms with Crippen molar-refractivity contribution >= 4 is 29.2 Å². The largest absolute Gasteiger partial charge is 1.00 e. The molecule has 1 amide bonds. The molecular formula is C21H22ClN2NaO5. The van der Waals surface area contributed by atoms with E-state index in [1.807, 2.05) is 11.0 Å². The van der Waals surface area contributed by atoms with E-state index in [1.165, 1.54) is 7.11 Å². The molecule has 1 unspecified atom stereocenters. The molecule has 9 heteroatoms. The van der Waals surface area contributed by atoms with Crippen molar-refractivity contribution in [2.45, 2.75) is 18.9 Å². The first-order valence-electron chi connectivity index (χ1n) is 9.15. The van der Waals surface area contributed by atoms with Crippen LogP contribution in [0.1, 0.15) is 23.6 Å². The fourth-order valence-electron chi connectivity index (χ4n) is 3.62. The van der Waals surface area contributed by atoms with Gasteiger partial charge in [-0.3, -0.25) is 9.69 Å². The number of nitrogens with zero attached hydrogens (tertiary/aromatic N) is 1. The SMILES string of the molecule is COc1cc2c(cc1OC)C(CC(=O)[O-])N(CC(=O)Nc1cccc(Cl)c1)CC2.[Na+]. The molecule has 154 valence electrons. The Morgan fingerprint density at radius 3 is 2.53 bits per heavy atom. The zero-order valence-corrected chi connectivity index (χ0v) is 20.0. The number of halogens is 1. The van der Waals surface area contributed by atoms with Crippen LogP contribution in [0, 0.1) is 0 Å². The smallest absolute Gasteiger partial charge is 0.550 e. The van der Waals surface area contributed by atoms with Gasteiger partial charge in [0.1, 0.15) is 0 Å². The van der Waals surface area contributed by atoms with Gasteiger partial charge in [-0.25, -0.2) is 0 Å². The van der Waals surface area contributed by atoms with E-state index < -0.39 is 12.0 Å². The standard InChI is InChI=1S/C21H23ClN2O5.Na/c1-28-18-8-13-6-7-24(12-20(25)23-15-5-3-4-14(22)9-15)17(11-21(26)27)16(13)10-19(18)29-2;/h3-5,8-10,17H,6-7,11-12H2,1-2H3,(H,23,25)(H,26,27);/q;+1/p-1. The summed E-state index contributed by atoms with van der Waals surface area (Å²) in [4.78, 5) is 25.8. The van der Waals surface area contributed by atoms with E-state index in [-0.39, 0.29) is 48.4 Å². The molecule has 3 rings (SSSR count). The summed E-state index contributed by atoms with van der Waals surface area (Å²) in [5.41, 5.74) is 2.36. The molecule has 1 N–H and O–H groups in total. The molecular weight excluding hydrogens is 419 g/mol. The Morgan fingerprint density at radius 1 is 1.20 bits per heavy atom. The number of hydrogen-bond donors (Lipinski definition) is 1. The molecule has 1 heterocycles. The molecule has 30 heavy (non-hydrogen) atoms. The molecule has 7 nitrogen and oxygen atoms in total. The van der Waals surface area contributed by atoms with Crippen LogP contribution in [0.5, 0.6) is 11.5 Å². The predicted molar refractivity (Wildman–Crippen MR) is 107 cm³/mol. The predicted octanol–water partition coefficient (Wildman–Crippen LogP) is -0.961. The van der Waals surface area contributed by atoms with Crippen molar-refractivity contribution in [3.8, 4) is 11.5 Å². The number of methoxy groups -OCH3 is 2. The van der Waals surface area contributed by atoms with E-state index in [0.717, 1.165) is 11.1 Å². The molecule has 1 atom stereocenters. The summed E-state index contributed by atoms with van der Waals surface area (Å²) in [6, 6.07) is 9.99. The van der Waals surface area contributed by atoms with Crippen molar-refractivity contribution in [2.24, 2.45) is 0 Å². The van der Waals surface area contributed by atoms with Gasteiger partial charge < -0.3 is 24.7 Å². The molecule has 0 fully saturated rings. The van der Waals surface area contributed by atoms with Crippen molar-refractivity contribution in [3.63, 3.8) is 0 Å². The molecule has 1 aliphatic rings. The minimum atomic E-state index is -1.18. The van der Waals surface area contributed by atoms with Crippen LogP contribution < -0.4 is 49.5 Å². The number of anilines is 1. The molecule has 0 saturated carbocycles. The number of carbonyl (C=O) groups is 2. The van der Waals surface area contributed by atoms with E-state index in [1.54, 1.807) is 37.4 Å². The fraction of sp³-hybridized carbons (Fsp3) is 0.333. The van der Waals surface area contributed by atoms with E-state index in [9.17, 15) is 14.7 Å². The van der Waals surface area contributed by atoms with Crippen LogP contribution in [0.25, 0.3) is 0 Å². The summed E-state index contributed by atoms with van der Waals surface area (Å²) in [6.45, 7) is 0.571. The first kappa shape index (κ1) is 24.5. The van der Waals surface area contributed by atoms with E-state index in [0.29, 0.717) is 35.2 Å². The number of rotatable bonds is 7. The Morgan fingerprint density at radius 2 is 1.90 bits per heavy atom. The van der Waals surface area contributed by atoms with Gasteiger partial charge in [0.15, 0.2) is 11.5 Å². The number of amides is 1. The van der Waals surface area contributed by atoms with Crippen LogP contribution in [-0.2, 0) is 16.0 Å². The van der Waals surface area contributed by atoms with Gasteiger partial charge in [0.25, 0.3) is 0 Å². The van der Waals surface area contributed by atoms with Gasteiger partial charge >= 0.3 is 29.6 Å². The Hall–Kier alpha value is -1.77. The van der Waals surface area contributed by atoms with Crippen molar-refractivity contribution in [3.05, 3.63) is 52.5 Å². The monoisotopic (exact) mass is 440 g/mol. The van der Waals surface area contributed by atoms with E-state index in [4.69, 9.17) is 21.1 Å². The van der Waals surface area contributed by atoms with Gasteiger partial charge in [0, 0.05) is 35.7 Å². The number of aliphatic carboxylic acids is 1. The number of fused-ring (bicyclic) bond motifs is 1. The van der Waals surface area contributed by atoms with Gasteiger partial charge in [-0.2, -0.15) is 0 Å². The Balaban J connectivity index is 0.00000320. The topological polar surface area (TPSA) is 90.9 Å². The number of carboxylic acid groups (broad SMARTS) is 1. The van der Waals surface area contributed by atoms with Crippen molar-refractivity contribution in [1.29, 1.82) is 0 Å². The number of carboxylic acids is 1. The van der Waals surface area contributed by atoms with Gasteiger partial charge in [-0.1, -0.05) is 17.7 Å². The number of benzene rings is 2. The van der Waals surface area contributed by atoms with Gasteiger partial charge in [0.05, 0.1) is 20.8 Å². The van der Waals surface area contributed by atoms with Crippen molar-refractivity contribution in [1.82, 2.24) is 4.90 Å². The van der Waals surface area contributed by atoms with Crippen molar-refractivity contribution in [2.75, 3.05) is 32.6 Å². The van der Waals surface area contributed by atoms with Crippen LogP contribution >= 0.6 is 11.6 Å². The second-order valence-corrected chi connectivity index (χ2v) is 7.21. The zero-order chi connectivity index (χ0) is 21.0. The Kier molecular flexibility index (Phi) is 9.00. The third kappa shape index (κ3) is 5.89. The third-order valence-electron chi connectivity index (χ3n) is 4.93. The molecule has 2 aromatic rings. The summed E-state index contributed by atoms with van der Waals surface area (Å²) < 4.78 is 10.7. The maximum atomic E-state index is 12.6. The fourth-order valence-corrected chi connectivity index (χ4v) is 3.81. The van der Waals surface area contributed by atoms with Crippen LogP contribution in [0.2, 0.25) is 5.02 Å². The molecule has 1 aliphatic heterocycles. The number of carbonyl (C=O) groups excluding carboxylic acids is 2. The van der Waals surface area contributed by atoms with E-state index in [2.05, 4.69) is 5.32 Å². The minimum Gasteiger partial charge on any atom is -0.550 e. The van der Waals surface area contributed by atoms with Gasteiger partial charge in [-0.15, -0.1) is 0 Å². The number of hydrogen-bond acceptors (Lipinski definition) is 6. The van der Waals surface area contributed by atoms with Crippen LogP contribution in [0.15, 0.2) is 36.4 Å². The first-order chi connectivity index (χ1) is 13.9. The summed E-state index contributed by atoms with van der Waals surface area (Å²) in [6.07, 6.45) is 0.427. The van der Waals surface area contributed by atoms with E-state index >= 15 is 0 Å². The average molecular weight is 441 g/mol. The molecule has 0 aliphatic carbocycles. The average Bonchev–Trinajstić information content (AvgIpc) is 2.68.